The van der Waals surface area contributed by atoms with Crippen molar-refractivity contribution in [2.75, 3.05) is 5.75 Å². The monoisotopic (exact) mass is 388 g/mol. The molecule has 0 amide bonds. The van der Waals surface area contributed by atoms with Gasteiger partial charge in [0.15, 0.2) is 0 Å². The third kappa shape index (κ3) is 8.08. The molecule has 1 aromatic rings. The molecule has 0 aromatic heterocycles. The third-order valence-electron chi connectivity index (χ3n) is 3.44. The second-order valence-electron chi connectivity index (χ2n) is 5.81. The van der Waals surface area contributed by atoms with Gasteiger partial charge in [0.1, 0.15) is 17.3 Å². The van der Waals surface area contributed by atoms with Crippen LogP contribution in [0.25, 0.3) is 0 Å². The molecular formula is C19H24F4N2S. The Morgan fingerprint density at radius 2 is 2.00 bits per heavy atom. The Morgan fingerprint density at radius 3 is 2.58 bits per heavy atom. The molecule has 1 rings (SSSR count). The first-order valence-electron chi connectivity index (χ1n) is 8.30. The first-order chi connectivity index (χ1) is 12.2. The van der Waals surface area contributed by atoms with Gasteiger partial charge in [-0.25, -0.2) is 9.38 Å². The zero-order chi connectivity index (χ0) is 19.7. The number of benzene rings is 1. The summed E-state index contributed by atoms with van der Waals surface area (Å²) in [5, 5.41) is 3.17. The standard InChI is InChI=1S/C19H24F4N2S/c1-5-7-8-9-18(24-14(4)6-2)25-16-11-17(13(3)10-15(16)20)26-12-19(21,22)23/h5,7-11,14H,6,12H2,1-4H3,(H,24,25)/b7-5+,9-8+. The van der Waals surface area contributed by atoms with E-state index in [-0.39, 0.29) is 11.7 Å². The lowest BCUT2D eigenvalue weighted by Gasteiger charge is -2.14. The van der Waals surface area contributed by atoms with Gasteiger partial charge in [-0.15, -0.1) is 11.8 Å². The van der Waals surface area contributed by atoms with Crippen LogP contribution < -0.4 is 5.32 Å². The lowest BCUT2D eigenvalue weighted by Crippen LogP contribution is -2.30. The van der Waals surface area contributed by atoms with Crippen molar-refractivity contribution in [3.8, 4) is 0 Å². The van der Waals surface area contributed by atoms with E-state index in [1.54, 1.807) is 19.1 Å². The van der Waals surface area contributed by atoms with Gasteiger partial charge < -0.3 is 5.32 Å². The number of rotatable bonds is 7. The third-order valence-corrected chi connectivity index (χ3v) is 4.66. The molecule has 26 heavy (non-hydrogen) atoms. The van der Waals surface area contributed by atoms with Crippen LogP contribution in [0.3, 0.4) is 0 Å². The molecule has 1 aromatic carbocycles. The van der Waals surface area contributed by atoms with E-state index in [2.05, 4.69) is 10.3 Å². The molecule has 0 aliphatic heterocycles. The van der Waals surface area contributed by atoms with Gasteiger partial charge in [0.2, 0.25) is 0 Å². The van der Waals surface area contributed by atoms with Crippen molar-refractivity contribution in [3.63, 3.8) is 0 Å². The second kappa shape index (κ2) is 10.4. The molecule has 0 bridgehead atoms. The molecule has 2 nitrogen and oxygen atoms in total. The SMILES string of the molecule is C/C=C/C=C/C(=N/c1cc(SCC(F)(F)F)c(C)cc1F)NC(C)CC. The molecule has 0 spiro atoms. The van der Waals surface area contributed by atoms with Gasteiger partial charge >= 0.3 is 6.18 Å². The summed E-state index contributed by atoms with van der Waals surface area (Å²) in [6.45, 7) is 7.42. The minimum atomic E-state index is -4.28. The van der Waals surface area contributed by atoms with Crippen LogP contribution in [-0.2, 0) is 0 Å². The molecule has 0 saturated heterocycles. The number of halogens is 4. The molecule has 0 radical (unpaired) electrons. The normalized spacial score (nSPS) is 14.4. The average molecular weight is 388 g/mol. The Hall–Kier alpha value is -1.76. The predicted octanol–water partition coefficient (Wildman–Crippen LogP) is 6.34. The van der Waals surface area contributed by atoms with Crippen molar-refractivity contribution in [2.45, 2.75) is 51.2 Å². The zero-order valence-corrected chi connectivity index (χ0v) is 16.1. The summed E-state index contributed by atoms with van der Waals surface area (Å²) in [6, 6.07) is 2.70. The lowest BCUT2D eigenvalue weighted by molar-refractivity contribution is -0.105. The topological polar surface area (TPSA) is 24.4 Å². The van der Waals surface area contributed by atoms with E-state index in [1.165, 1.54) is 12.1 Å². The van der Waals surface area contributed by atoms with Gasteiger partial charge in [0.05, 0.1) is 5.75 Å². The van der Waals surface area contributed by atoms with Crippen LogP contribution in [0.15, 0.2) is 46.3 Å². The Balaban J connectivity index is 3.20. The maximum Gasteiger partial charge on any atom is 0.398 e. The quantitative estimate of drug-likeness (QED) is 0.194. The van der Waals surface area contributed by atoms with Crippen molar-refractivity contribution in [2.24, 2.45) is 4.99 Å². The molecule has 0 saturated carbocycles. The summed E-state index contributed by atoms with van der Waals surface area (Å²) >= 11 is 0.633. The number of thioether (sulfide) groups is 1. The average Bonchev–Trinajstić information content (AvgIpc) is 2.55. The summed E-state index contributed by atoms with van der Waals surface area (Å²) in [6.07, 6.45) is 3.68. The van der Waals surface area contributed by atoms with Crippen LogP contribution in [0.2, 0.25) is 0 Å². The number of alkyl halides is 3. The van der Waals surface area contributed by atoms with Gasteiger partial charge in [-0.1, -0.05) is 25.2 Å². The van der Waals surface area contributed by atoms with Gasteiger partial charge in [0, 0.05) is 10.9 Å². The van der Waals surface area contributed by atoms with E-state index in [9.17, 15) is 17.6 Å². The Morgan fingerprint density at radius 1 is 1.31 bits per heavy atom. The van der Waals surface area contributed by atoms with Crippen LogP contribution >= 0.6 is 11.8 Å². The molecule has 7 heteroatoms. The van der Waals surface area contributed by atoms with Gasteiger partial charge in [-0.2, -0.15) is 13.2 Å². The molecule has 1 atom stereocenters. The highest BCUT2D eigenvalue weighted by molar-refractivity contribution is 7.99. The van der Waals surface area contributed by atoms with E-state index in [1.807, 2.05) is 32.9 Å². The second-order valence-corrected chi connectivity index (χ2v) is 6.83. The fraction of sp³-hybridized carbons (Fsp3) is 0.421. The summed E-state index contributed by atoms with van der Waals surface area (Å²) in [5.41, 5.74) is 0.466. The van der Waals surface area contributed by atoms with Crippen molar-refractivity contribution >= 4 is 23.3 Å². The Labute approximate surface area is 156 Å². The number of allylic oxidation sites excluding steroid dienone is 3. The Kier molecular flexibility index (Phi) is 8.92. The zero-order valence-electron chi connectivity index (χ0n) is 15.3. The van der Waals surface area contributed by atoms with Crippen LogP contribution in [-0.4, -0.2) is 23.8 Å². The van der Waals surface area contributed by atoms with E-state index in [4.69, 9.17) is 0 Å². The number of nitrogens with zero attached hydrogens (tertiary/aromatic N) is 1. The maximum atomic E-state index is 14.3. The van der Waals surface area contributed by atoms with Crippen LogP contribution in [0.1, 0.15) is 32.8 Å². The lowest BCUT2D eigenvalue weighted by atomic mass is 10.2. The molecule has 0 heterocycles. The molecular weight excluding hydrogens is 364 g/mol. The summed E-state index contributed by atoms with van der Waals surface area (Å²) < 4.78 is 51.7. The molecule has 0 fully saturated rings. The maximum absolute atomic E-state index is 14.3. The molecule has 1 unspecified atom stereocenters. The number of amidine groups is 1. The molecule has 0 aliphatic rings. The first-order valence-corrected chi connectivity index (χ1v) is 9.29. The van der Waals surface area contributed by atoms with Crippen molar-refractivity contribution in [1.29, 1.82) is 0 Å². The van der Waals surface area contributed by atoms with Gasteiger partial charge in [-0.05, 0) is 51.0 Å². The Bertz CT molecular complexity index is 679. The minimum absolute atomic E-state index is 0.0104. The first kappa shape index (κ1) is 22.3. The number of hydrogen-bond donors (Lipinski definition) is 1. The van der Waals surface area contributed by atoms with Crippen LogP contribution in [0, 0.1) is 12.7 Å². The van der Waals surface area contributed by atoms with Gasteiger partial charge in [0.25, 0.3) is 0 Å². The van der Waals surface area contributed by atoms with Crippen molar-refractivity contribution in [1.82, 2.24) is 5.32 Å². The van der Waals surface area contributed by atoms with Crippen LogP contribution in [0.4, 0.5) is 23.2 Å². The largest absolute Gasteiger partial charge is 0.398 e. The van der Waals surface area contributed by atoms with Crippen LogP contribution in [0.5, 0.6) is 0 Å². The fourth-order valence-electron chi connectivity index (χ4n) is 1.90. The number of hydrogen-bond acceptors (Lipinski definition) is 2. The summed E-state index contributed by atoms with van der Waals surface area (Å²) in [5.74, 6) is -1.14. The number of aryl methyl sites for hydroxylation is 1. The highest BCUT2D eigenvalue weighted by Crippen LogP contribution is 2.33. The molecule has 1 N–H and O–H groups in total. The predicted molar refractivity (Wildman–Crippen MR) is 102 cm³/mol. The molecule has 0 aliphatic carbocycles. The van der Waals surface area contributed by atoms with Crippen molar-refractivity contribution in [3.05, 3.63) is 47.8 Å². The van der Waals surface area contributed by atoms with E-state index < -0.39 is 17.7 Å². The summed E-state index contributed by atoms with van der Waals surface area (Å²) in [4.78, 5) is 4.64. The van der Waals surface area contributed by atoms with Crippen molar-refractivity contribution < 1.29 is 17.6 Å². The molecule has 144 valence electrons. The number of nitrogens with one attached hydrogen (secondary N) is 1. The summed E-state index contributed by atoms with van der Waals surface area (Å²) in [7, 11) is 0. The van der Waals surface area contributed by atoms with Gasteiger partial charge in [-0.3, -0.25) is 0 Å². The highest BCUT2D eigenvalue weighted by atomic mass is 32.2. The smallest absolute Gasteiger partial charge is 0.368 e. The van der Waals surface area contributed by atoms with E-state index in [0.29, 0.717) is 28.1 Å². The van der Waals surface area contributed by atoms with E-state index in [0.717, 1.165) is 6.42 Å². The number of aliphatic imine (C=N–C) groups is 1. The minimum Gasteiger partial charge on any atom is -0.368 e. The van der Waals surface area contributed by atoms with E-state index >= 15 is 0 Å². The highest BCUT2D eigenvalue weighted by Gasteiger charge is 2.27. The fourth-order valence-corrected chi connectivity index (χ4v) is 2.70.